The molecule has 1 aliphatic rings. The molecule has 0 radical (unpaired) electrons. The number of halogens is 1. The Morgan fingerprint density at radius 1 is 0.852 bits per heavy atom. The van der Waals surface area contributed by atoms with Gasteiger partial charge in [-0.2, -0.15) is 0 Å². The summed E-state index contributed by atoms with van der Waals surface area (Å²) in [5, 5.41) is 3.00. The number of anilines is 2. The zero-order valence-corrected chi connectivity index (χ0v) is 17.6. The third-order valence-corrected chi connectivity index (χ3v) is 7.35. The minimum atomic E-state index is 0.783. The fourth-order valence-corrected chi connectivity index (χ4v) is 6.11. The molecule has 0 saturated carbocycles. The molecule has 1 aliphatic heterocycles. The Morgan fingerprint density at radius 2 is 1.52 bits per heavy atom. The molecule has 5 rings (SSSR count). The van der Waals surface area contributed by atoms with E-state index in [1.165, 1.54) is 15.0 Å². The van der Waals surface area contributed by atoms with Gasteiger partial charge in [-0.3, -0.25) is 0 Å². The molecule has 7 heteroatoms. The van der Waals surface area contributed by atoms with Gasteiger partial charge in [-0.1, -0.05) is 40.3 Å². The monoisotopic (exact) mass is 414 g/mol. The van der Waals surface area contributed by atoms with Gasteiger partial charge in [-0.25, -0.2) is 9.97 Å². The van der Waals surface area contributed by atoms with Gasteiger partial charge in [-0.15, -0.1) is 0 Å². The van der Waals surface area contributed by atoms with Gasteiger partial charge in [0, 0.05) is 31.2 Å². The molecule has 0 atom stereocenters. The summed E-state index contributed by atoms with van der Waals surface area (Å²) in [5.41, 5.74) is 4.60. The first-order valence-corrected chi connectivity index (χ1v) is 11.0. The van der Waals surface area contributed by atoms with E-state index in [0.29, 0.717) is 0 Å². The van der Waals surface area contributed by atoms with Crippen LogP contribution in [0.5, 0.6) is 0 Å². The van der Waals surface area contributed by atoms with Crippen molar-refractivity contribution in [1.82, 2.24) is 9.97 Å². The number of nitrogens with zero attached hydrogens (tertiary/aromatic N) is 4. The van der Waals surface area contributed by atoms with Gasteiger partial charge in [-0.05, 0) is 49.2 Å². The molecule has 2 aromatic carbocycles. The van der Waals surface area contributed by atoms with Crippen LogP contribution in [-0.2, 0) is 0 Å². The molecule has 1 saturated heterocycles. The molecule has 4 nitrogen and oxygen atoms in total. The second-order valence-electron chi connectivity index (χ2n) is 7.01. The molecular weight excluding hydrogens is 396 g/mol. The molecule has 0 amide bonds. The lowest BCUT2D eigenvalue weighted by atomic mass is 10.2. The Balaban J connectivity index is 1.35. The zero-order valence-electron chi connectivity index (χ0n) is 15.2. The van der Waals surface area contributed by atoms with E-state index in [1.807, 2.05) is 12.1 Å². The lowest BCUT2D eigenvalue weighted by Crippen LogP contribution is -2.46. The summed E-state index contributed by atoms with van der Waals surface area (Å²) >= 11 is 9.73. The summed E-state index contributed by atoms with van der Waals surface area (Å²) < 4.78 is 2.44. The van der Waals surface area contributed by atoms with Crippen molar-refractivity contribution in [2.45, 2.75) is 13.8 Å². The van der Waals surface area contributed by atoms with Crippen LogP contribution in [-0.4, -0.2) is 36.1 Å². The molecule has 27 heavy (non-hydrogen) atoms. The van der Waals surface area contributed by atoms with E-state index in [1.54, 1.807) is 22.7 Å². The van der Waals surface area contributed by atoms with E-state index in [9.17, 15) is 0 Å². The van der Waals surface area contributed by atoms with Crippen molar-refractivity contribution in [3.8, 4) is 0 Å². The predicted molar refractivity (Wildman–Crippen MR) is 118 cm³/mol. The van der Waals surface area contributed by atoms with Crippen LogP contribution in [0, 0.1) is 13.8 Å². The number of thiazole rings is 2. The van der Waals surface area contributed by atoms with E-state index in [-0.39, 0.29) is 0 Å². The van der Waals surface area contributed by atoms with Crippen molar-refractivity contribution in [2.75, 3.05) is 36.0 Å². The fraction of sp³-hybridized carbons (Fsp3) is 0.300. The van der Waals surface area contributed by atoms with Crippen LogP contribution in [0.25, 0.3) is 20.4 Å². The topological polar surface area (TPSA) is 32.3 Å². The number of aryl methyl sites for hydroxylation is 2. The number of fused-ring (bicyclic) bond motifs is 2. The van der Waals surface area contributed by atoms with E-state index in [4.69, 9.17) is 21.6 Å². The van der Waals surface area contributed by atoms with Gasteiger partial charge in [0.15, 0.2) is 10.3 Å². The Kier molecular flexibility index (Phi) is 4.22. The molecule has 3 heterocycles. The van der Waals surface area contributed by atoms with E-state index in [2.05, 4.69) is 41.8 Å². The molecule has 2 aromatic heterocycles. The summed E-state index contributed by atoms with van der Waals surface area (Å²) in [6.07, 6.45) is 0. The quantitative estimate of drug-likeness (QED) is 0.433. The number of rotatable bonds is 2. The second kappa shape index (κ2) is 6.62. The fourth-order valence-electron chi connectivity index (χ4n) is 3.52. The number of benzene rings is 2. The van der Waals surface area contributed by atoms with Crippen LogP contribution in [0.4, 0.5) is 10.3 Å². The van der Waals surface area contributed by atoms with E-state index < -0.39 is 0 Å². The number of piperazine rings is 1. The first-order valence-electron chi connectivity index (χ1n) is 9.00. The maximum atomic E-state index is 6.20. The Morgan fingerprint density at radius 3 is 2.26 bits per heavy atom. The van der Waals surface area contributed by atoms with Crippen molar-refractivity contribution in [1.29, 1.82) is 0 Å². The lowest BCUT2D eigenvalue weighted by Gasteiger charge is -2.34. The number of aromatic nitrogens is 2. The first kappa shape index (κ1) is 17.2. The van der Waals surface area contributed by atoms with Crippen LogP contribution < -0.4 is 9.80 Å². The largest absolute Gasteiger partial charge is 0.345 e. The van der Waals surface area contributed by atoms with Crippen LogP contribution in [0.1, 0.15) is 11.1 Å². The summed E-state index contributed by atoms with van der Waals surface area (Å²) in [6, 6.07) is 10.5. The molecule has 0 N–H and O–H groups in total. The maximum absolute atomic E-state index is 6.20. The van der Waals surface area contributed by atoms with Crippen molar-refractivity contribution in [2.24, 2.45) is 0 Å². The van der Waals surface area contributed by atoms with Gasteiger partial charge in [0.1, 0.15) is 0 Å². The molecular formula is C20H19ClN4S2. The maximum Gasteiger partial charge on any atom is 0.186 e. The highest BCUT2D eigenvalue weighted by atomic mass is 35.5. The average Bonchev–Trinajstić information content (AvgIpc) is 3.25. The van der Waals surface area contributed by atoms with Crippen molar-refractivity contribution < 1.29 is 0 Å². The Bertz CT molecular complexity index is 1140. The van der Waals surface area contributed by atoms with Crippen molar-refractivity contribution >= 4 is 65.0 Å². The lowest BCUT2D eigenvalue weighted by molar-refractivity contribution is 0.651. The van der Waals surface area contributed by atoms with Crippen LogP contribution in [0.3, 0.4) is 0 Å². The normalized spacial score (nSPS) is 15.2. The third kappa shape index (κ3) is 3.16. The Hall–Kier alpha value is -1.89. The molecule has 0 spiro atoms. The molecule has 0 aliphatic carbocycles. The minimum absolute atomic E-state index is 0.783. The highest BCUT2D eigenvalue weighted by Crippen LogP contribution is 2.34. The number of hydrogen-bond donors (Lipinski definition) is 0. The molecule has 0 bridgehead atoms. The summed E-state index contributed by atoms with van der Waals surface area (Å²) in [4.78, 5) is 14.5. The van der Waals surface area contributed by atoms with Crippen molar-refractivity contribution in [3.63, 3.8) is 0 Å². The average molecular weight is 415 g/mol. The molecule has 0 unspecified atom stereocenters. The van der Waals surface area contributed by atoms with E-state index >= 15 is 0 Å². The molecule has 4 aromatic rings. The van der Waals surface area contributed by atoms with Gasteiger partial charge in [0.05, 0.1) is 20.4 Å². The van der Waals surface area contributed by atoms with Crippen LogP contribution >= 0.6 is 34.3 Å². The van der Waals surface area contributed by atoms with Crippen molar-refractivity contribution in [3.05, 3.63) is 46.5 Å². The predicted octanol–water partition coefficient (Wildman–Crippen LogP) is 5.50. The van der Waals surface area contributed by atoms with Gasteiger partial charge >= 0.3 is 0 Å². The SMILES string of the molecule is Cc1ccc2nc(N3CCN(c4nc5c(C)cc(Cl)cc5s4)CC3)sc2c1. The van der Waals surface area contributed by atoms with Crippen LogP contribution in [0.2, 0.25) is 5.02 Å². The van der Waals surface area contributed by atoms with Gasteiger partial charge in [0.25, 0.3) is 0 Å². The standard InChI is InChI=1S/C20H19ClN4S2/c1-12-3-4-15-16(9-12)26-19(22-15)24-5-7-25(8-6-24)20-23-18-13(2)10-14(21)11-17(18)27-20/h3-4,9-11H,5-8H2,1-2H3. The molecule has 1 fully saturated rings. The Labute approximate surface area is 171 Å². The first-order chi connectivity index (χ1) is 13.1. The van der Waals surface area contributed by atoms with Crippen LogP contribution in [0.15, 0.2) is 30.3 Å². The summed E-state index contributed by atoms with van der Waals surface area (Å²) in [6.45, 7) is 8.06. The second-order valence-corrected chi connectivity index (χ2v) is 9.46. The minimum Gasteiger partial charge on any atom is -0.345 e. The molecule has 138 valence electrons. The van der Waals surface area contributed by atoms with Gasteiger partial charge < -0.3 is 9.80 Å². The summed E-state index contributed by atoms with van der Waals surface area (Å²) in [5.74, 6) is 0. The summed E-state index contributed by atoms with van der Waals surface area (Å²) in [7, 11) is 0. The number of hydrogen-bond acceptors (Lipinski definition) is 6. The van der Waals surface area contributed by atoms with Gasteiger partial charge in [0.2, 0.25) is 0 Å². The van der Waals surface area contributed by atoms with E-state index in [0.717, 1.165) is 58.1 Å². The highest BCUT2D eigenvalue weighted by Gasteiger charge is 2.22. The highest BCUT2D eigenvalue weighted by molar-refractivity contribution is 7.22. The zero-order chi connectivity index (χ0) is 18.5. The third-order valence-electron chi connectivity index (χ3n) is 4.99. The smallest absolute Gasteiger partial charge is 0.186 e.